The molecular formula is C13H21N5O2S. The van der Waals surface area contributed by atoms with Crippen LogP contribution < -0.4 is 10.0 Å². The molecule has 0 amide bonds. The number of nitrogens with zero attached hydrogens (tertiary/aromatic N) is 2. The second kappa shape index (κ2) is 7.39. The summed E-state index contributed by atoms with van der Waals surface area (Å²) in [6.07, 6.45) is 8.58. The van der Waals surface area contributed by atoms with E-state index in [9.17, 15) is 8.42 Å². The molecule has 0 saturated heterocycles. The van der Waals surface area contributed by atoms with Gasteiger partial charge >= 0.3 is 0 Å². The SMILES string of the molecule is CNCc1cc(S(=O)(=O)NCCCCn2ccnc2)c[nH]1. The molecule has 21 heavy (non-hydrogen) atoms. The molecular weight excluding hydrogens is 290 g/mol. The fourth-order valence-corrected chi connectivity index (χ4v) is 3.09. The minimum atomic E-state index is -3.42. The molecule has 2 heterocycles. The first kappa shape index (κ1) is 15.7. The molecule has 0 bridgehead atoms. The fourth-order valence-electron chi connectivity index (χ4n) is 1.99. The second-order valence-electron chi connectivity index (χ2n) is 4.80. The molecule has 8 heteroatoms. The Balaban J connectivity index is 1.75. The predicted octanol–water partition coefficient (Wildman–Crippen LogP) is 0.689. The highest BCUT2D eigenvalue weighted by Gasteiger charge is 2.14. The molecule has 116 valence electrons. The zero-order valence-electron chi connectivity index (χ0n) is 12.0. The van der Waals surface area contributed by atoms with E-state index >= 15 is 0 Å². The number of hydrogen-bond donors (Lipinski definition) is 3. The summed E-state index contributed by atoms with van der Waals surface area (Å²) in [6, 6.07) is 1.64. The highest BCUT2D eigenvalue weighted by atomic mass is 32.2. The first-order chi connectivity index (χ1) is 10.1. The maximum Gasteiger partial charge on any atom is 0.242 e. The quantitative estimate of drug-likeness (QED) is 0.594. The van der Waals surface area contributed by atoms with Crippen LogP contribution in [0.25, 0.3) is 0 Å². The molecule has 0 aromatic carbocycles. The van der Waals surface area contributed by atoms with E-state index in [4.69, 9.17) is 0 Å². The summed E-state index contributed by atoms with van der Waals surface area (Å²) in [5, 5.41) is 2.97. The van der Waals surface area contributed by atoms with E-state index in [2.05, 4.69) is 20.0 Å². The molecule has 0 radical (unpaired) electrons. The number of aromatic nitrogens is 3. The molecule has 0 fully saturated rings. The minimum Gasteiger partial charge on any atom is -0.363 e. The molecule has 0 spiro atoms. The molecule has 2 aromatic rings. The Morgan fingerprint density at radius 2 is 2.24 bits per heavy atom. The van der Waals surface area contributed by atoms with Crippen molar-refractivity contribution >= 4 is 10.0 Å². The lowest BCUT2D eigenvalue weighted by Gasteiger charge is -2.05. The molecule has 7 nitrogen and oxygen atoms in total. The van der Waals surface area contributed by atoms with E-state index in [1.54, 1.807) is 18.6 Å². The third-order valence-electron chi connectivity index (χ3n) is 3.09. The molecule has 0 unspecified atom stereocenters. The first-order valence-corrected chi connectivity index (χ1v) is 8.37. The average Bonchev–Trinajstić information content (AvgIpc) is 3.10. The zero-order chi connectivity index (χ0) is 15.1. The summed E-state index contributed by atoms with van der Waals surface area (Å²) in [5.74, 6) is 0. The Morgan fingerprint density at radius 1 is 1.38 bits per heavy atom. The normalized spacial score (nSPS) is 11.9. The predicted molar refractivity (Wildman–Crippen MR) is 80.2 cm³/mol. The van der Waals surface area contributed by atoms with Crippen molar-refractivity contribution in [3.8, 4) is 0 Å². The van der Waals surface area contributed by atoms with E-state index < -0.39 is 10.0 Å². The number of aromatic amines is 1. The summed E-state index contributed by atoms with van der Waals surface area (Å²) in [4.78, 5) is 7.18. The number of sulfonamides is 1. The Hall–Kier alpha value is -1.64. The average molecular weight is 311 g/mol. The van der Waals surface area contributed by atoms with Gasteiger partial charge in [-0.1, -0.05) is 0 Å². The van der Waals surface area contributed by atoms with Gasteiger partial charge in [-0.25, -0.2) is 18.1 Å². The van der Waals surface area contributed by atoms with Gasteiger partial charge in [0.1, 0.15) is 0 Å². The number of rotatable bonds is 9. The van der Waals surface area contributed by atoms with E-state index in [1.807, 2.05) is 17.8 Å². The van der Waals surface area contributed by atoms with Crippen LogP contribution in [0.4, 0.5) is 0 Å². The molecule has 0 aliphatic heterocycles. The Bertz CT molecular complexity index is 633. The molecule has 3 N–H and O–H groups in total. The topological polar surface area (TPSA) is 91.8 Å². The van der Waals surface area contributed by atoms with Crippen molar-refractivity contribution < 1.29 is 8.42 Å². The molecule has 0 aliphatic carbocycles. The van der Waals surface area contributed by atoms with Crippen LogP contribution in [0.2, 0.25) is 0 Å². The van der Waals surface area contributed by atoms with Gasteiger partial charge in [0.05, 0.1) is 11.2 Å². The largest absolute Gasteiger partial charge is 0.363 e. The second-order valence-corrected chi connectivity index (χ2v) is 6.56. The number of nitrogens with one attached hydrogen (secondary N) is 3. The van der Waals surface area contributed by atoms with Gasteiger partial charge in [-0.2, -0.15) is 0 Å². The highest BCUT2D eigenvalue weighted by molar-refractivity contribution is 7.89. The lowest BCUT2D eigenvalue weighted by molar-refractivity contribution is 0.566. The van der Waals surface area contributed by atoms with Crippen molar-refractivity contribution in [2.75, 3.05) is 13.6 Å². The van der Waals surface area contributed by atoms with Gasteiger partial charge in [0.2, 0.25) is 10.0 Å². The van der Waals surface area contributed by atoms with Gasteiger partial charge in [-0.15, -0.1) is 0 Å². The standard InChI is InChI=1S/C13H21N5O2S/c1-14-9-12-8-13(10-16-12)21(19,20)17-4-2-3-6-18-7-5-15-11-18/h5,7-8,10-11,14,16-17H,2-4,6,9H2,1H3. The summed E-state index contributed by atoms with van der Waals surface area (Å²) < 4.78 is 28.7. The van der Waals surface area contributed by atoms with Gasteiger partial charge in [0.15, 0.2) is 0 Å². The molecule has 0 aliphatic rings. The lowest BCUT2D eigenvalue weighted by Crippen LogP contribution is -2.24. The summed E-state index contributed by atoms with van der Waals surface area (Å²) >= 11 is 0. The Labute approximate surface area is 124 Å². The van der Waals surface area contributed by atoms with Crippen LogP contribution in [0.1, 0.15) is 18.5 Å². The maximum atomic E-state index is 12.1. The summed E-state index contributed by atoms with van der Waals surface area (Å²) in [7, 11) is -1.61. The third-order valence-corrected chi connectivity index (χ3v) is 4.53. The summed E-state index contributed by atoms with van der Waals surface area (Å²) in [6.45, 7) is 1.89. The van der Waals surface area contributed by atoms with E-state index in [-0.39, 0.29) is 4.90 Å². The number of hydrogen-bond acceptors (Lipinski definition) is 4. The smallest absolute Gasteiger partial charge is 0.242 e. The van der Waals surface area contributed by atoms with Crippen molar-refractivity contribution in [2.24, 2.45) is 0 Å². The maximum absolute atomic E-state index is 12.1. The minimum absolute atomic E-state index is 0.280. The number of imidazole rings is 1. The molecule has 2 rings (SSSR count). The van der Waals surface area contributed by atoms with Gasteiger partial charge in [0, 0.05) is 43.9 Å². The Morgan fingerprint density at radius 3 is 2.95 bits per heavy atom. The van der Waals surface area contributed by atoms with Crippen molar-refractivity contribution in [3.05, 3.63) is 36.7 Å². The van der Waals surface area contributed by atoms with Crippen LogP contribution >= 0.6 is 0 Å². The Kier molecular flexibility index (Phi) is 5.54. The van der Waals surface area contributed by atoms with Crippen LogP contribution in [0.5, 0.6) is 0 Å². The van der Waals surface area contributed by atoms with E-state index in [0.29, 0.717) is 13.1 Å². The summed E-state index contributed by atoms with van der Waals surface area (Å²) in [5.41, 5.74) is 0.845. The van der Waals surface area contributed by atoms with Gasteiger partial charge in [0.25, 0.3) is 0 Å². The first-order valence-electron chi connectivity index (χ1n) is 6.89. The monoisotopic (exact) mass is 311 g/mol. The molecule has 0 atom stereocenters. The number of unbranched alkanes of at least 4 members (excludes halogenated alkanes) is 1. The van der Waals surface area contributed by atoms with Gasteiger partial charge in [-0.3, -0.25) is 0 Å². The van der Waals surface area contributed by atoms with Crippen molar-refractivity contribution in [1.29, 1.82) is 0 Å². The van der Waals surface area contributed by atoms with Crippen LogP contribution in [0.3, 0.4) is 0 Å². The van der Waals surface area contributed by atoms with Crippen molar-refractivity contribution in [3.63, 3.8) is 0 Å². The van der Waals surface area contributed by atoms with Crippen molar-refractivity contribution in [2.45, 2.75) is 30.8 Å². The van der Waals surface area contributed by atoms with Crippen LogP contribution in [0, 0.1) is 0 Å². The van der Waals surface area contributed by atoms with Crippen LogP contribution in [-0.4, -0.2) is 36.5 Å². The zero-order valence-corrected chi connectivity index (χ0v) is 12.9. The van der Waals surface area contributed by atoms with E-state index in [0.717, 1.165) is 25.1 Å². The number of aryl methyl sites for hydroxylation is 1. The molecule has 2 aromatic heterocycles. The number of H-pyrrole nitrogens is 1. The molecule has 0 saturated carbocycles. The van der Waals surface area contributed by atoms with Crippen LogP contribution in [0.15, 0.2) is 35.9 Å². The van der Waals surface area contributed by atoms with E-state index in [1.165, 1.54) is 6.20 Å². The van der Waals surface area contributed by atoms with Crippen molar-refractivity contribution in [1.82, 2.24) is 24.6 Å². The highest BCUT2D eigenvalue weighted by Crippen LogP contribution is 2.10. The fraction of sp³-hybridized carbons (Fsp3) is 0.462. The van der Waals surface area contributed by atoms with Crippen LogP contribution in [-0.2, 0) is 23.1 Å². The third kappa shape index (κ3) is 4.69. The van der Waals surface area contributed by atoms with Gasteiger partial charge < -0.3 is 14.9 Å². The van der Waals surface area contributed by atoms with Gasteiger partial charge in [-0.05, 0) is 26.0 Å². The lowest BCUT2D eigenvalue weighted by atomic mass is 10.3.